The molecule has 0 aliphatic heterocycles. The predicted molar refractivity (Wildman–Crippen MR) is 119 cm³/mol. The average Bonchev–Trinajstić information content (AvgIpc) is 3.09. The van der Waals surface area contributed by atoms with E-state index < -0.39 is 5.91 Å². The maximum atomic E-state index is 14.4. The molecular weight excluding hydrogens is 375 g/mol. The van der Waals surface area contributed by atoms with Crippen LogP contribution < -0.4 is 5.73 Å². The Morgan fingerprint density at radius 3 is 2.33 bits per heavy atom. The van der Waals surface area contributed by atoms with Crippen molar-refractivity contribution in [1.82, 2.24) is 4.57 Å². The van der Waals surface area contributed by atoms with Crippen LogP contribution in [0.2, 0.25) is 0 Å². The first-order valence-corrected chi connectivity index (χ1v) is 9.77. The third kappa shape index (κ3) is 2.94. The zero-order valence-corrected chi connectivity index (χ0v) is 16.2. The van der Waals surface area contributed by atoms with E-state index in [4.69, 9.17) is 5.73 Å². The van der Waals surface area contributed by atoms with Crippen molar-refractivity contribution < 1.29 is 9.18 Å². The van der Waals surface area contributed by atoms with Crippen molar-refractivity contribution in [2.45, 2.75) is 6.54 Å². The Morgan fingerprint density at radius 1 is 0.800 bits per heavy atom. The Labute approximate surface area is 173 Å². The second kappa shape index (κ2) is 7.16. The minimum Gasteiger partial charge on any atom is -0.366 e. The highest BCUT2D eigenvalue weighted by atomic mass is 19.1. The van der Waals surface area contributed by atoms with Crippen LogP contribution in [-0.2, 0) is 6.54 Å². The molecular formula is C26H19FN2O. The molecule has 146 valence electrons. The number of primary amides is 1. The lowest BCUT2D eigenvalue weighted by Gasteiger charge is -2.10. The molecule has 5 rings (SSSR count). The quantitative estimate of drug-likeness (QED) is 0.415. The number of amides is 1. The number of nitrogens with two attached hydrogens (primary N) is 1. The molecule has 30 heavy (non-hydrogen) atoms. The van der Waals surface area contributed by atoms with Crippen LogP contribution in [0, 0.1) is 5.82 Å². The van der Waals surface area contributed by atoms with E-state index in [2.05, 4.69) is 22.8 Å². The Morgan fingerprint density at radius 2 is 1.57 bits per heavy atom. The van der Waals surface area contributed by atoms with Gasteiger partial charge in [-0.25, -0.2) is 4.39 Å². The Kier molecular flexibility index (Phi) is 4.32. The van der Waals surface area contributed by atoms with Gasteiger partial charge in [0, 0.05) is 21.9 Å². The van der Waals surface area contributed by atoms with Gasteiger partial charge in [-0.05, 0) is 35.4 Å². The molecule has 0 radical (unpaired) electrons. The highest BCUT2D eigenvalue weighted by Gasteiger charge is 2.18. The number of nitrogens with zero attached hydrogens (tertiary/aromatic N) is 1. The highest BCUT2D eigenvalue weighted by molar-refractivity contribution is 6.18. The van der Waals surface area contributed by atoms with Crippen molar-refractivity contribution in [3.63, 3.8) is 0 Å². The fourth-order valence-corrected chi connectivity index (χ4v) is 4.13. The Bertz CT molecular complexity index is 1400. The number of aromatic nitrogens is 1. The number of rotatable bonds is 4. The van der Waals surface area contributed by atoms with Gasteiger partial charge < -0.3 is 10.3 Å². The second-order valence-electron chi connectivity index (χ2n) is 7.34. The van der Waals surface area contributed by atoms with E-state index >= 15 is 0 Å². The lowest BCUT2D eigenvalue weighted by molar-refractivity contribution is 0.100. The third-order valence-corrected chi connectivity index (χ3v) is 5.55. The van der Waals surface area contributed by atoms with Crippen LogP contribution in [0.5, 0.6) is 0 Å². The third-order valence-electron chi connectivity index (χ3n) is 5.55. The number of fused-ring (bicyclic) bond motifs is 3. The molecule has 0 atom stereocenters. The minimum absolute atomic E-state index is 0.252. The number of carbonyl (C=O) groups is 1. The summed E-state index contributed by atoms with van der Waals surface area (Å²) in [6.07, 6.45) is 0. The smallest absolute Gasteiger partial charge is 0.249 e. The van der Waals surface area contributed by atoms with Crippen LogP contribution in [0.3, 0.4) is 0 Å². The maximum Gasteiger partial charge on any atom is 0.249 e. The van der Waals surface area contributed by atoms with Crippen LogP contribution in [0.25, 0.3) is 32.9 Å². The van der Waals surface area contributed by atoms with E-state index in [9.17, 15) is 9.18 Å². The minimum atomic E-state index is -0.474. The number of carbonyl (C=O) groups excluding carboxylic acids is 1. The molecule has 4 heteroatoms. The van der Waals surface area contributed by atoms with Gasteiger partial charge in [0.05, 0.1) is 17.6 Å². The van der Waals surface area contributed by atoms with E-state index in [0.717, 1.165) is 32.9 Å². The van der Waals surface area contributed by atoms with Crippen molar-refractivity contribution in [3.8, 4) is 11.1 Å². The molecule has 0 saturated carbocycles. The predicted octanol–water partition coefficient (Wildman–Crippen LogP) is 5.75. The molecule has 0 unspecified atom stereocenters. The number of halogens is 1. The molecule has 0 saturated heterocycles. The summed E-state index contributed by atoms with van der Waals surface area (Å²) in [7, 11) is 0. The normalized spacial score (nSPS) is 11.2. The van der Waals surface area contributed by atoms with Gasteiger partial charge in [0.25, 0.3) is 0 Å². The van der Waals surface area contributed by atoms with Gasteiger partial charge in [-0.15, -0.1) is 0 Å². The molecule has 4 aromatic carbocycles. The van der Waals surface area contributed by atoms with Crippen molar-refractivity contribution in [2.75, 3.05) is 0 Å². The average molecular weight is 394 g/mol. The van der Waals surface area contributed by atoms with Gasteiger partial charge in [-0.2, -0.15) is 0 Å². The summed E-state index contributed by atoms with van der Waals surface area (Å²) in [5, 5.41) is 1.73. The lowest BCUT2D eigenvalue weighted by Crippen LogP contribution is -2.11. The molecule has 1 aromatic heterocycles. The molecule has 1 heterocycles. The number of hydrogen-bond donors (Lipinski definition) is 1. The summed E-state index contributed by atoms with van der Waals surface area (Å²) >= 11 is 0. The number of hydrogen-bond acceptors (Lipinski definition) is 1. The monoisotopic (exact) mass is 394 g/mol. The molecule has 0 aliphatic carbocycles. The summed E-state index contributed by atoms with van der Waals surface area (Å²) in [5.41, 5.74) is 10.7. The molecule has 0 spiro atoms. The SMILES string of the molecule is NC(=O)c1cccc2c1c1ccc(-c3ccccc3)cc1n2Cc1ccccc1F. The Balaban J connectivity index is 1.83. The molecule has 0 bridgehead atoms. The van der Waals surface area contributed by atoms with E-state index in [0.29, 0.717) is 17.7 Å². The second-order valence-corrected chi connectivity index (χ2v) is 7.34. The van der Waals surface area contributed by atoms with Crippen LogP contribution in [0.1, 0.15) is 15.9 Å². The summed E-state index contributed by atoms with van der Waals surface area (Å²) in [4.78, 5) is 12.1. The first kappa shape index (κ1) is 18.1. The van der Waals surface area contributed by atoms with Crippen LogP contribution in [-0.4, -0.2) is 10.5 Å². The van der Waals surface area contributed by atoms with Gasteiger partial charge in [-0.3, -0.25) is 4.79 Å². The zero-order valence-electron chi connectivity index (χ0n) is 16.2. The molecule has 2 N–H and O–H groups in total. The molecule has 0 aliphatic rings. The largest absolute Gasteiger partial charge is 0.366 e. The van der Waals surface area contributed by atoms with E-state index in [-0.39, 0.29) is 5.82 Å². The fraction of sp³-hybridized carbons (Fsp3) is 0.0385. The van der Waals surface area contributed by atoms with Crippen LogP contribution in [0.15, 0.2) is 91.0 Å². The maximum absolute atomic E-state index is 14.4. The standard InChI is InChI=1S/C26H19FN2O/c27-22-11-5-4-9-19(22)16-29-23-12-6-10-21(26(28)30)25(23)20-14-13-18(15-24(20)29)17-7-2-1-3-8-17/h1-15H,16H2,(H2,28,30). The zero-order chi connectivity index (χ0) is 20.7. The Hall–Kier alpha value is -3.92. The van der Waals surface area contributed by atoms with E-state index in [1.54, 1.807) is 18.2 Å². The lowest BCUT2D eigenvalue weighted by atomic mass is 10.0. The summed E-state index contributed by atoms with van der Waals surface area (Å²) in [6, 6.07) is 28.5. The van der Waals surface area contributed by atoms with Crippen molar-refractivity contribution in [1.29, 1.82) is 0 Å². The van der Waals surface area contributed by atoms with Crippen molar-refractivity contribution in [2.24, 2.45) is 5.73 Å². The molecule has 0 fully saturated rings. The van der Waals surface area contributed by atoms with Gasteiger partial charge in [0.1, 0.15) is 5.82 Å². The molecule has 3 nitrogen and oxygen atoms in total. The summed E-state index contributed by atoms with van der Waals surface area (Å²) < 4.78 is 16.5. The van der Waals surface area contributed by atoms with E-state index in [1.165, 1.54) is 6.07 Å². The van der Waals surface area contributed by atoms with E-state index in [1.807, 2.05) is 48.5 Å². The number of benzene rings is 4. The van der Waals surface area contributed by atoms with Crippen LogP contribution >= 0.6 is 0 Å². The van der Waals surface area contributed by atoms with Gasteiger partial charge in [0.15, 0.2) is 0 Å². The molecule has 1 amide bonds. The first-order chi connectivity index (χ1) is 14.6. The van der Waals surface area contributed by atoms with Gasteiger partial charge in [-0.1, -0.05) is 66.7 Å². The highest BCUT2D eigenvalue weighted by Crippen LogP contribution is 2.35. The van der Waals surface area contributed by atoms with Crippen molar-refractivity contribution >= 4 is 27.7 Å². The first-order valence-electron chi connectivity index (χ1n) is 9.77. The van der Waals surface area contributed by atoms with Gasteiger partial charge >= 0.3 is 0 Å². The van der Waals surface area contributed by atoms with Crippen LogP contribution in [0.4, 0.5) is 4.39 Å². The summed E-state index contributed by atoms with van der Waals surface area (Å²) in [5.74, 6) is -0.726. The summed E-state index contributed by atoms with van der Waals surface area (Å²) in [6.45, 7) is 0.354. The fourth-order valence-electron chi connectivity index (χ4n) is 4.13. The molecule has 5 aromatic rings. The van der Waals surface area contributed by atoms with Gasteiger partial charge in [0.2, 0.25) is 5.91 Å². The topological polar surface area (TPSA) is 48.0 Å². The van der Waals surface area contributed by atoms with Crippen molar-refractivity contribution in [3.05, 3.63) is 108 Å².